The molecule has 97 heavy (non-hydrogen) atoms. The van der Waals surface area contributed by atoms with Gasteiger partial charge in [-0.05, 0) is 148 Å². The lowest BCUT2D eigenvalue weighted by molar-refractivity contribution is -0.161. The third kappa shape index (κ3) is 72.2. The van der Waals surface area contributed by atoms with Gasteiger partial charge in [-0.15, -0.1) is 0 Å². The lowest BCUT2D eigenvalue weighted by Gasteiger charge is -2.21. The number of esters is 3. The van der Waals surface area contributed by atoms with Gasteiger partial charge in [-0.3, -0.25) is 32.5 Å². The first-order valence-corrected chi connectivity index (χ1v) is 39.8. The number of hydrogen-bond donors (Lipinski definition) is 4. The van der Waals surface area contributed by atoms with Crippen molar-refractivity contribution in [3.05, 3.63) is 158 Å². The van der Waals surface area contributed by atoms with E-state index in [9.17, 15) is 43.5 Å². The van der Waals surface area contributed by atoms with Crippen molar-refractivity contribution in [2.75, 3.05) is 39.6 Å². The van der Waals surface area contributed by atoms with E-state index < -0.39 is 91.5 Å². The molecule has 0 rings (SSSR count). The average molecular weight is 1400 g/mol. The third-order valence-corrected chi connectivity index (χ3v) is 16.6. The average Bonchev–Trinajstić information content (AvgIpc) is 2.08. The molecule has 0 heterocycles. The number of phosphoric acid groups is 2. The topological polar surface area (TPSA) is 231 Å². The van der Waals surface area contributed by atoms with Crippen molar-refractivity contribution in [3.8, 4) is 0 Å². The van der Waals surface area contributed by atoms with Crippen LogP contribution in [0.3, 0.4) is 0 Å². The molecule has 0 amide bonds. The van der Waals surface area contributed by atoms with Crippen LogP contribution in [0, 0.1) is 0 Å². The van der Waals surface area contributed by atoms with Crippen LogP contribution in [0.15, 0.2) is 158 Å². The highest BCUT2D eigenvalue weighted by Gasteiger charge is 2.29. The number of unbranched alkanes of at least 4 members (excludes halogenated alkanes) is 19. The number of rotatable bonds is 68. The quantitative estimate of drug-likeness (QED) is 0.0146. The summed E-state index contributed by atoms with van der Waals surface area (Å²) in [6, 6.07) is 0. The molecule has 0 fully saturated rings. The Labute approximate surface area is 587 Å². The number of carbonyl (C=O) groups excluding carboxylic acids is 3. The maximum Gasteiger partial charge on any atom is 0.472 e. The van der Waals surface area contributed by atoms with Gasteiger partial charge in [-0.25, -0.2) is 9.13 Å². The highest BCUT2D eigenvalue weighted by molar-refractivity contribution is 7.47. The third-order valence-electron chi connectivity index (χ3n) is 14.7. The van der Waals surface area contributed by atoms with Gasteiger partial charge in [0.05, 0.1) is 26.4 Å². The Morgan fingerprint density at radius 2 is 0.546 bits per heavy atom. The van der Waals surface area contributed by atoms with Gasteiger partial charge in [0.25, 0.3) is 0 Å². The van der Waals surface area contributed by atoms with Crippen LogP contribution in [-0.2, 0) is 55.8 Å². The van der Waals surface area contributed by atoms with E-state index in [1.165, 1.54) is 51.4 Å². The Bertz CT molecular complexity index is 2400. The van der Waals surface area contributed by atoms with Crippen molar-refractivity contribution in [1.82, 2.24) is 0 Å². The summed E-state index contributed by atoms with van der Waals surface area (Å²) in [4.78, 5) is 58.5. The summed E-state index contributed by atoms with van der Waals surface area (Å²) in [6.07, 6.45) is 87.2. The smallest absolute Gasteiger partial charge is 0.463 e. The van der Waals surface area contributed by atoms with Crippen molar-refractivity contribution in [3.63, 3.8) is 0 Å². The van der Waals surface area contributed by atoms with Crippen LogP contribution in [0.4, 0.5) is 0 Å². The van der Waals surface area contributed by atoms with Gasteiger partial charge in [0.1, 0.15) is 25.4 Å². The minimum Gasteiger partial charge on any atom is -0.463 e. The standard InChI is InChI=1S/C79H130O16P2/c1-4-7-10-13-16-19-22-25-28-30-32-34-35-36-37-39-41-42-45-47-50-53-56-59-62-65-77(82)89-68-74(80)69-91-96(85,86)92-70-75(81)71-93-97(87,88)94-73-76(95-79(84)67-64-61-58-55-52-49-44-27-24-21-18-15-12-9-6-3)72-90-78(83)66-63-60-57-54-51-48-46-43-40-38-33-31-29-26-23-20-17-14-11-8-5-2/h8-9,11-12,16-21,25-29,32-34,36-38,43-44,46,51,54,74-76,80-81H,4-7,10,13-15,22-24,30-31,35,39-42,45,47-50,52-53,55-73H2,1-3H3,(H,85,86)(H,87,88)/b11-8-,12-9-,19-16-,20-17-,21-18-,28-25-,29-26-,34-32-,37-36-,38-33-,44-27-,46-43-,54-51-. The van der Waals surface area contributed by atoms with E-state index in [2.05, 4.69) is 179 Å². The highest BCUT2D eigenvalue weighted by atomic mass is 31.2. The van der Waals surface area contributed by atoms with Crippen LogP contribution in [-0.4, -0.2) is 95.9 Å². The second-order valence-electron chi connectivity index (χ2n) is 24.0. The molecule has 0 aliphatic heterocycles. The number of aliphatic hydroxyl groups is 2. The second-order valence-corrected chi connectivity index (χ2v) is 26.9. The number of hydrogen-bond acceptors (Lipinski definition) is 14. The lowest BCUT2D eigenvalue weighted by Crippen LogP contribution is -2.30. The van der Waals surface area contributed by atoms with Gasteiger partial charge in [-0.2, -0.15) is 0 Å². The van der Waals surface area contributed by atoms with Crippen molar-refractivity contribution in [1.29, 1.82) is 0 Å². The predicted molar refractivity (Wildman–Crippen MR) is 399 cm³/mol. The van der Waals surface area contributed by atoms with Crippen molar-refractivity contribution >= 4 is 33.6 Å². The molecule has 0 aliphatic carbocycles. The molecule has 18 heteroatoms. The van der Waals surface area contributed by atoms with Gasteiger partial charge in [0.2, 0.25) is 0 Å². The maximum atomic E-state index is 12.9. The number of ether oxygens (including phenoxy) is 3. The molecular formula is C79H130O16P2. The van der Waals surface area contributed by atoms with E-state index in [0.717, 1.165) is 154 Å². The van der Waals surface area contributed by atoms with Gasteiger partial charge < -0.3 is 34.2 Å². The Morgan fingerprint density at radius 1 is 0.299 bits per heavy atom. The molecule has 0 saturated heterocycles. The monoisotopic (exact) mass is 1400 g/mol. The van der Waals surface area contributed by atoms with E-state index in [0.29, 0.717) is 19.3 Å². The van der Waals surface area contributed by atoms with Gasteiger partial charge in [0, 0.05) is 19.3 Å². The second kappa shape index (κ2) is 71.0. The molecule has 5 unspecified atom stereocenters. The largest absolute Gasteiger partial charge is 0.472 e. The molecule has 0 spiro atoms. The molecule has 0 aromatic heterocycles. The van der Waals surface area contributed by atoms with E-state index in [-0.39, 0.29) is 19.3 Å². The number of aliphatic hydroxyl groups excluding tert-OH is 2. The summed E-state index contributed by atoms with van der Waals surface area (Å²) >= 11 is 0. The van der Waals surface area contributed by atoms with Crippen molar-refractivity contribution < 1.29 is 75.8 Å². The van der Waals surface area contributed by atoms with E-state index in [1.807, 2.05) is 0 Å². The van der Waals surface area contributed by atoms with Crippen molar-refractivity contribution in [2.45, 2.75) is 283 Å². The summed E-state index contributed by atoms with van der Waals surface area (Å²) in [5.74, 6) is -1.66. The molecule has 552 valence electrons. The summed E-state index contributed by atoms with van der Waals surface area (Å²) in [6.45, 7) is 2.32. The van der Waals surface area contributed by atoms with Crippen LogP contribution in [0.1, 0.15) is 265 Å². The minimum atomic E-state index is -4.95. The Hall–Kier alpha value is -4.83. The van der Waals surface area contributed by atoms with Gasteiger partial charge in [-0.1, -0.05) is 256 Å². The zero-order valence-corrected chi connectivity index (χ0v) is 61.7. The van der Waals surface area contributed by atoms with Crippen LogP contribution in [0.25, 0.3) is 0 Å². The summed E-state index contributed by atoms with van der Waals surface area (Å²) < 4.78 is 61.0. The first kappa shape index (κ1) is 92.2. The predicted octanol–water partition coefficient (Wildman–Crippen LogP) is 21.1. The molecule has 4 N–H and O–H groups in total. The molecule has 0 radical (unpaired) electrons. The molecule has 0 saturated carbocycles. The fourth-order valence-corrected chi connectivity index (χ4v) is 10.7. The lowest BCUT2D eigenvalue weighted by atomic mass is 10.1. The molecule has 0 aliphatic rings. The Morgan fingerprint density at radius 3 is 0.887 bits per heavy atom. The van der Waals surface area contributed by atoms with Gasteiger partial charge in [0.15, 0.2) is 6.10 Å². The first-order valence-electron chi connectivity index (χ1n) is 36.8. The molecular weight excluding hydrogens is 1270 g/mol. The molecule has 0 aromatic rings. The molecule has 0 aromatic carbocycles. The summed E-state index contributed by atoms with van der Waals surface area (Å²) in [5.41, 5.74) is 0. The Kier molecular flexibility index (Phi) is 67.5. The van der Waals surface area contributed by atoms with Crippen LogP contribution in [0.2, 0.25) is 0 Å². The van der Waals surface area contributed by atoms with Crippen LogP contribution >= 0.6 is 15.6 Å². The van der Waals surface area contributed by atoms with E-state index in [1.54, 1.807) is 0 Å². The minimum absolute atomic E-state index is 0.0691. The SMILES string of the molecule is CC/C=C\C/C=C\C/C=C\C/C=C\C/C=C\C/C=C\CCCCC(=O)OCC(COP(=O)(O)OCC(O)COP(=O)(O)OCC(O)COC(=O)CCCCCCCCCCC/C=C\C/C=C\C/C=C\C/C=C\CCCCC)OC(=O)CCCCCCC/C=C\C/C=C\C/C=C\CC. The number of allylic oxidation sites excluding steroid dienone is 26. The molecule has 5 atom stereocenters. The van der Waals surface area contributed by atoms with E-state index in [4.69, 9.17) is 32.3 Å². The van der Waals surface area contributed by atoms with Crippen LogP contribution in [0.5, 0.6) is 0 Å². The Balaban J connectivity index is 4.67. The summed E-state index contributed by atoms with van der Waals surface area (Å²) in [5, 5.41) is 20.6. The van der Waals surface area contributed by atoms with Crippen LogP contribution < -0.4 is 0 Å². The molecule has 0 bridgehead atoms. The number of phosphoric ester groups is 2. The zero-order valence-electron chi connectivity index (χ0n) is 59.9. The fraction of sp³-hybridized carbons (Fsp3) is 0.633. The maximum absolute atomic E-state index is 12.9. The first-order chi connectivity index (χ1) is 47.2. The number of carbonyl (C=O) groups is 3. The van der Waals surface area contributed by atoms with Gasteiger partial charge >= 0.3 is 33.6 Å². The van der Waals surface area contributed by atoms with E-state index >= 15 is 0 Å². The highest BCUT2D eigenvalue weighted by Crippen LogP contribution is 2.45. The molecule has 16 nitrogen and oxygen atoms in total. The fourth-order valence-electron chi connectivity index (χ4n) is 9.16. The summed E-state index contributed by atoms with van der Waals surface area (Å²) in [7, 11) is -9.81. The normalized spacial score (nSPS) is 15.0. The zero-order chi connectivity index (χ0) is 70.9. The van der Waals surface area contributed by atoms with Crippen molar-refractivity contribution in [2.24, 2.45) is 0 Å².